The maximum Gasteiger partial charge on any atom is 0.243 e. The first kappa shape index (κ1) is 25.3. The third-order valence-corrected chi connectivity index (χ3v) is 7.15. The third kappa shape index (κ3) is 5.60. The summed E-state index contributed by atoms with van der Waals surface area (Å²) in [6.07, 6.45) is 1.37. The van der Waals surface area contributed by atoms with Gasteiger partial charge in [0.05, 0.1) is 29.5 Å². The van der Waals surface area contributed by atoms with Crippen LogP contribution in [0.1, 0.15) is 26.2 Å². The number of aromatic nitrogens is 1. The average molecular weight is 494 g/mol. The normalized spacial score (nSPS) is 11.6. The maximum atomic E-state index is 13.9. The Hall–Kier alpha value is -3.31. The molecule has 0 fully saturated rings. The Labute approximate surface area is 196 Å². The molecular weight excluding hydrogens is 468 g/mol. The molecule has 182 valence electrons. The highest BCUT2D eigenvalue weighted by Crippen LogP contribution is 2.29. The topological polar surface area (TPSA) is 102 Å². The lowest BCUT2D eigenvalue weighted by Gasteiger charge is -2.19. The number of nitrogens with one attached hydrogen (secondary N) is 1. The molecule has 0 unspecified atom stereocenters. The number of anilines is 1. The highest BCUT2D eigenvalue weighted by molar-refractivity contribution is 7.89. The fourth-order valence-corrected chi connectivity index (χ4v) is 4.82. The van der Waals surface area contributed by atoms with Gasteiger partial charge in [-0.1, -0.05) is 13.8 Å². The highest BCUT2D eigenvalue weighted by Gasteiger charge is 2.23. The predicted octanol–water partition coefficient (Wildman–Crippen LogP) is 4.23. The van der Waals surface area contributed by atoms with Crippen LogP contribution in [0.3, 0.4) is 0 Å². The van der Waals surface area contributed by atoms with Crippen molar-refractivity contribution in [2.24, 2.45) is 0 Å². The van der Waals surface area contributed by atoms with Gasteiger partial charge in [0.15, 0.2) is 11.7 Å². The van der Waals surface area contributed by atoms with Gasteiger partial charge in [-0.15, -0.1) is 0 Å². The van der Waals surface area contributed by atoms with E-state index in [1.165, 1.54) is 41.9 Å². The number of ether oxygens (including phenoxy) is 1. The minimum Gasteiger partial charge on any atom is -0.495 e. The van der Waals surface area contributed by atoms with Crippen molar-refractivity contribution in [3.05, 3.63) is 60.1 Å². The van der Waals surface area contributed by atoms with Gasteiger partial charge in [0.2, 0.25) is 15.9 Å². The van der Waals surface area contributed by atoms with Crippen LogP contribution in [0.25, 0.3) is 11.3 Å². The third-order valence-electron chi connectivity index (χ3n) is 5.10. The summed E-state index contributed by atoms with van der Waals surface area (Å²) in [6.45, 7) is 4.11. The molecule has 0 atom stereocenters. The van der Waals surface area contributed by atoms with E-state index in [4.69, 9.17) is 9.15 Å². The minimum atomic E-state index is -3.72. The van der Waals surface area contributed by atoms with E-state index < -0.39 is 27.6 Å². The minimum absolute atomic E-state index is 0.0333. The van der Waals surface area contributed by atoms with Gasteiger partial charge in [-0.2, -0.15) is 4.31 Å². The van der Waals surface area contributed by atoms with Crippen LogP contribution in [-0.4, -0.2) is 43.8 Å². The van der Waals surface area contributed by atoms with Crippen molar-refractivity contribution in [3.8, 4) is 17.1 Å². The van der Waals surface area contributed by atoms with Crippen molar-refractivity contribution in [1.82, 2.24) is 9.29 Å². The number of hydrogen-bond donors (Lipinski definition) is 1. The van der Waals surface area contributed by atoms with E-state index in [-0.39, 0.29) is 40.6 Å². The predicted molar refractivity (Wildman–Crippen MR) is 122 cm³/mol. The largest absolute Gasteiger partial charge is 0.495 e. The number of aryl methyl sites for hydroxylation is 1. The van der Waals surface area contributed by atoms with Gasteiger partial charge < -0.3 is 14.5 Å². The number of nitrogens with zero attached hydrogens (tertiary/aromatic N) is 2. The molecule has 1 heterocycles. The van der Waals surface area contributed by atoms with Gasteiger partial charge in [-0.05, 0) is 30.3 Å². The van der Waals surface area contributed by atoms with E-state index in [2.05, 4.69) is 10.3 Å². The summed E-state index contributed by atoms with van der Waals surface area (Å²) in [5.41, 5.74) is 0.266. The molecule has 1 aromatic heterocycles. The second-order valence-electron chi connectivity index (χ2n) is 7.24. The molecule has 0 aliphatic rings. The zero-order valence-electron chi connectivity index (χ0n) is 19.0. The quantitative estimate of drug-likeness (QED) is 0.454. The van der Waals surface area contributed by atoms with Crippen LogP contribution in [0.5, 0.6) is 5.75 Å². The Kier molecular flexibility index (Phi) is 8.00. The lowest BCUT2D eigenvalue weighted by molar-refractivity contribution is -0.116. The monoisotopic (exact) mass is 493 g/mol. The van der Waals surface area contributed by atoms with Crippen molar-refractivity contribution in [1.29, 1.82) is 0 Å². The van der Waals surface area contributed by atoms with Gasteiger partial charge in [0, 0.05) is 32.0 Å². The Morgan fingerprint density at radius 1 is 1.15 bits per heavy atom. The van der Waals surface area contributed by atoms with E-state index in [9.17, 15) is 22.0 Å². The smallest absolute Gasteiger partial charge is 0.243 e. The number of sulfonamides is 1. The van der Waals surface area contributed by atoms with Gasteiger partial charge in [0.25, 0.3) is 0 Å². The first-order valence-corrected chi connectivity index (χ1v) is 12.0. The van der Waals surface area contributed by atoms with Crippen molar-refractivity contribution < 1.29 is 31.1 Å². The molecule has 1 amide bonds. The Bertz CT molecular complexity index is 1270. The molecule has 0 bridgehead atoms. The number of halogens is 2. The zero-order chi connectivity index (χ0) is 24.9. The fraction of sp³-hybridized carbons (Fsp3) is 0.304. The molecule has 1 N–H and O–H groups in total. The highest BCUT2D eigenvalue weighted by atomic mass is 32.2. The second kappa shape index (κ2) is 10.7. The lowest BCUT2D eigenvalue weighted by atomic mass is 10.2. The summed E-state index contributed by atoms with van der Waals surface area (Å²) >= 11 is 0. The summed E-state index contributed by atoms with van der Waals surface area (Å²) < 4.78 is 64.7. The molecule has 3 rings (SSSR count). The summed E-state index contributed by atoms with van der Waals surface area (Å²) in [6, 6.07) is 7.34. The number of benzene rings is 2. The number of hydrogen-bond acceptors (Lipinski definition) is 6. The Morgan fingerprint density at radius 3 is 2.53 bits per heavy atom. The van der Waals surface area contributed by atoms with Gasteiger partial charge in [-0.3, -0.25) is 4.79 Å². The first-order valence-electron chi connectivity index (χ1n) is 10.6. The fourth-order valence-electron chi connectivity index (χ4n) is 3.33. The SMILES string of the molecule is CCN(CC)S(=O)(=O)c1ccc(OC)c(NC(=O)CCc2ncc(-c3ccc(F)cc3F)o2)c1. The molecule has 0 aliphatic heterocycles. The molecule has 0 spiro atoms. The zero-order valence-corrected chi connectivity index (χ0v) is 19.8. The molecule has 0 saturated heterocycles. The summed E-state index contributed by atoms with van der Waals surface area (Å²) in [5, 5.41) is 2.65. The van der Waals surface area contributed by atoms with E-state index >= 15 is 0 Å². The van der Waals surface area contributed by atoms with Crippen LogP contribution < -0.4 is 10.1 Å². The average Bonchev–Trinajstić information content (AvgIpc) is 3.27. The summed E-state index contributed by atoms with van der Waals surface area (Å²) in [7, 11) is -2.31. The van der Waals surface area contributed by atoms with E-state index in [1.54, 1.807) is 13.8 Å². The number of oxazole rings is 1. The van der Waals surface area contributed by atoms with Crippen LogP contribution in [0.4, 0.5) is 14.5 Å². The van der Waals surface area contributed by atoms with Crippen molar-refractivity contribution >= 4 is 21.6 Å². The number of amides is 1. The van der Waals surface area contributed by atoms with Crippen LogP contribution >= 0.6 is 0 Å². The van der Waals surface area contributed by atoms with Gasteiger partial charge in [-0.25, -0.2) is 22.2 Å². The first-order chi connectivity index (χ1) is 16.2. The molecular formula is C23H25F2N3O5S. The molecule has 3 aromatic rings. The van der Waals surface area contributed by atoms with Crippen LogP contribution in [-0.2, 0) is 21.2 Å². The molecule has 8 nitrogen and oxygen atoms in total. The molecule has 11 heteroatoms. The summed E-state index contributed by atoms with van der Waals surface area (Å²) in [5.74, 6) is -1.31. The Balaban J connectivity index is 1.71. The van der Waals surface area contributed by atoms with E-state index in [0.29, 0.717) is 18.8 Å². The van der Waals surface area contributed by atoms with Crippen molar-refractivity contribution in [2.45, 2.75) is 31.6 Å². The standard InChI is InChI=1S/C23H25F2N3O5S/c1-4-28(5-2)34(30,31)16-7-9-20(32-3)19(13-16)27-22(29)10-11-23-26-14-21(33-23)17-8-6-15(24)12-18(17)25/h6-9,12-14H,4-5,10-11H2,1-3H3,(H,27,29). The van der Waals surface area contributed by atoms with Crippen molar-refractivity contribution in [3.63, 3.8) is 0 Å². The van der Waals surface area contributed by atoms with Gasteiger partial charge in [0.1, 0.15) is 17.4 Å². The molecule has 0 aliphatic carbocycles. The number of carbonyl (C=O) groups is 1. The maximum absolute atomic E-state index is 13.9. The van der Waals surface area contributed by atoms with E-state index in [1.807, 2.05) is 0 Å². The van der Waals surface area contributed by atoms with Crippen LogP contribution in [0.15, 0.2) is 51.9 Å². The molecule has 2 aromatic carbocycles. The summed E-state index contributed by atoms with van der Waals surface area (Å²) in [4.78, 5) is 16.6. The van der Waals surface area contributed by atoms with Crippen molar-refractivity contribution in [2.75, 3.05) is 25.5 Å². The number of carbonyl (C=O) groups excluding carboxylic acids is 1. The Morgan fingerprint density at radius 2 is 1.88 bits per heavy atom. The number of rotatable bonds is 10. The second-order valence-corrected chi connectivity index (χ2v) is 9.18. The lowest BCUT2D eigenvalue weighted by Crippen LogP contribution is -2.30. The van der Waals surface area contributed by atoms with Crippen LogP contribution in [0.2, 0.25) is 0 Å². The van der Waals surface area contributed by atoms with Gasteiger partial charge >= 0.3 is 0 Å². The number of methoxy groups -OCH3 is 1. The molecule has 0 saturated carbocycles. The van der Waals surface area contributed by atoms with Crippen LogP contribution in [0, 0.1) is 11.6 Å². The molecule has 0 radical (unpaired) electrons. The van der Waals surface area contributed by atoms with E-state index in [0.717, 1.165) is 12.1 Å². The molecule has 34 heavy (non-hydrogen) atoms.